The maximum atomic E-state index is 13.8. The molecule has 0 spiro atoms. The van der Waals surface area contributed by atoms with Gasteiger partial charge in [0.2, 0.25) is 11.4 Å². The van der Waals surface area contributed by atoms with Crippen LogP contribution in [0.3, 0.4) is 0 Å². The van der Waals surface area contributed by atoms with Crippen LogP contribution < -0.4 is 5.73 Å². The number of aliphatic carboxylic acids is 2. The number of phenols is 2. The summed E-state index contributed by atoms with van der Waals surface area (Å²) in [6.45, 7) is 3.57. The van der Waals surface area contributed by atoms with E-state index in [2.05, 4.69) is 28.4 Å². The summed E-state index contributed by atoms with van der Waals surface area (Å²) in [7, 11) is 0. The lowest BCUT2D eigenvalue weighted by Crippen LogP contribution is -2.56. The number of aromatic nitrogens is 2. The van der Waals surface area contributed by atoms with Gasteiger partial charge in [0.1, 0.15) is 6.04 Å². The number of cyclic esters (lactones) is 1. The van der Waals surface area contributed by atoms with E-state index >= 15 is 0 Å². The highest BCUT2D eigenvalue weighted by Gasteiger charge is 2.65. The van der Waals surface area contributed by atoms with E-state index in [0.29, 0.717) is 4.90 Å². The van der Waals surface area contributed by atoms with Crippen molar-refractivity contribution in [3.63, 3.8) is 0 Å². The van der Waals surface area contributed by atoms with E-state index < -0.39 is 101 Å². The SMILES string of the molecule is CC1(C)C2CCC1CC(O/N=C(\C(=O)C[C@H]1CON(C3(C(=O)O)CC(N4C(=O)c5cc(O)c(O)cc5C4=O)C(=O)O3)C1=O)c1nsc(N)n1)(C(=O)O)C2. The average Bonchev–Trinajstić information content (AvgIpc) is 3.84. The summed E-state index contributed by atoms with van der Waals surface area (Å²) in [6, 6.07) is -0.258. The van der Waals surface area contributed by atoms with Crippen LogP contribution in [-0.2, 0) is 38.4 Å². The molecule has 5 aliphatic rings. The second-order valence-corrected chi connectivity index (χ2v) is 15.1. The van der Waals surface area contributed by atoms with E-state index in [-0.39, 0.29) is 57.2 Å². The second-order valence-electron chi connectivity index (χ2n) is 14.3. The lowest BCUT2D eigenvalue weighted by Gasteiger charge is -2.44. The predicted octanol–water partition coefficient (Wildman–Crippen LogP) is 0.664. The molecule has 2 aromatic rings. The topological polar surface area (TPSA) is 299 Å². The van der Waals surface area contributed by atoms with Crippen molar-refractivity contribution in [1.29, 1.82) is 0 Å². The van der Waals surface area contributed by atoms with Gasteiger partial charge in [0.05, 0.1) is 30.1 Å². The molecule has 3 aliphatic heterocycles. The van der Waals surface area contributed by atoms with Crippen LogP contribution in [0.5, 0.6) is 11.5 Å². The monoisotopic (exact) mass is 756 g/mol. The number of anilines is 1. The Morgan fingerprint density at radius 2 is 1.60 bits per heavy atom. The normalized spacial score (nSPS) is 30.5. The van der Waals surface area contributed by atoms with Crippen molar-refractivity contribution in [3.05, 3.63) is 29.1 Å². The number of ether oxygens (including phenoxy) is 1. The number of esters is 1. The van der Waals surface area contributed by atoms with Gasteiger partial charge in [0.25, 0.3) is 17.7 Å². The highest BCUT2D eigenvalue weighted by molar-refractivity contribution is 7.09. The number of Topliss-reactive ketones (excluding diaryl/α,β-unsaturated/α-hetero) is 1. The largest absolute Gasteiger partial charge is 0.504 e. The number of hydrogen-bond donors (Lipinski definition) is 5. The molecular formula is C32H32N6O14S. The molecular weight excluding hydrogens is 724 g/mol. The smallest absolute Gasteiger partial charge is 0.372 e. The maximum absolute atomic E-state index is 13.8. The second kappa shape index (κ2) is 12.2. The summed E-state index contributed by atoms with van der Waals surface area (Å²) in [4.78, 5) is 108. The van der Waals surface area contributed by atoms with Crippen LogP contribution in [0.1, 0.15) is 78.9 Å². The van der Waals surface area contributed by atoms with Crippen LogP contribution in [0.15, 0.2) is 17.3 Å². The molecule has 2 aliphatic carbocycles. The minimum Gasteiger partial charge on any atom is -0.504 e. The van der Waals surface area contributed by atoms with Gasteiger partial charge in [-0.1, -0.05) is 19.0 Å². The van der Waals surface area contributed by atoms with Crippen molar-refractivity contribution < 1.29 is 68.4 Å². The zero-order valence-corrected chi connectivity index (χ0v) is 28.8. The Hall–Kier alpha value is -5.70. The molecule has 0 radical (unpaired) electrons. The zero-order chi connectivity index (χ0) is 38.4. The fraction of sp³-hybridized carbons (Fsp3) is 0.500. The Morgan fingerprint density at radius 3 is 2.13 bits per heavy atom. The molecule has 2 bridgehead atoms. The molecule has 21 heteroatoms. The number of rotatable bonds is 10. The zero-order valence-electron chi connectivity index (χ0n) is 28.0. The molecule has 6 N–H and O–H groups in total. The van der Waals surface area contributed by atoms with Gasteiger partial charge in [-0.15, -0.1) is 0 Å². The van der Waals surface area contributed by atoms with Crippen molar-refractivity contribution in [2.45, 2.75) is 69.7 Å². The quantitative estimate of drug-likeness (QED) is 0.0731. The van der Waals surface area contributed by atoms with Crippen molar-refractivity contribution in [3.8, 4) is 11.5 Å². The van der Waals surface area contributed by atoms with Crippen molar-refractivity contribution in [1.82, 2.24) is 19.3 Å². The first-order valence-electron chi connectivity index (χ1n) is 16.4. The first-order valence-corrected chi connectivity index (χ1v) is 17.2. The van der Waals surface area contributed by atoms with Gasteiger partial charge in [0, 0.05) is 30.8 Å². The number of carboxylic acid groups (broad SMARTS) is 2. The van der Waals surface area contributed by atoms with Crippen LogP contribution >= 0.6 is 11.5 Å². The van der Waals surface area contributed by atoms with Crippen molar-refractivity contribution in [2.75, 3.05) is 12.3 Å². The van der Waals surface area contributed by atoms with Crippen LogP contribution in [0.2, 0.25) is 0 Å². The molecule has 3 amide bonds. The molecule has 280 valence electrons. The third-order valence-electron chi connectivity index (χ3n) is 11.1. The number of nitrogen functional groups attached to an aromatic ring is 1. The summed E-state index contributed by atoms with van der Waals surface area (Å²) < 4.78 is 9.17. The minimum absolute atomic E-state index is 0.0173. The molecule has 4 fully saturated rings. The third kappa shape index (κ3) is 5.43. The van der Waals surface area contributed by atoms with Gasteiger partial charge in [-0.05, 0) is 42.2 Å². The Balaban J connectivity index is 1.11. The first-order chi connectivity index (χ1) is 24.9. The third-order valence-corrected chi connectivity index (χ3v) is 11.7. The highest BCUT2D eigenvalue weighted by Crippen LogP contribution is 2.58. The van der Waals surface area contributed by atoms with E-state index in [4.69, 9.17) is 20.1 Å². The number of amides is 3. The summed E-state index contributed by atoms with van der Waals surface area (Å²) in [5, 5.41) is 44.4. The molecule has 2 saturated carbocycles. The number of oxime groups is 1. The van der Waals surface area contributed by atoms with E-state index in [1.807, 2.05) is 0 Å². The highest BCUT2D eigenvalue weighted by atomic mass is 32.1. The number of fused-ring (bicyclic) bond motifs is 3. The molecule has 5 atom stereocenters. The Labute approximate surface area is 302 Å². The van der Waals surface area contributed by atoms with E-state index in [0.717, 1.165) is 36.5 Å². The molecule has 4 heterocycles. The van der Waals surface area contributed by atoms with Gasteiger partial charge < -0.3 is 35.7 Å². The summed E-state index contributed by atoms with van der Waals surface area (Å²) in [6.07, 6.45) is 0.198. The number of imide groups is 1. The standard InChI is InChI=1S/C32H32N6O14S/c1-30(2)13-3-4-14(30)9-31(8-13,27(46)47)52-35-21(22-34-29(33)53-36-22)20(41)5-12-11-50-38(23(12)42)32(28(48)49)10-17(26(45)51-32)37-24(43)15-6-18(39)19(40)7-16(15)25(37)44/h6-7,12-14,17,39-40H,3-5,8-11H2,1-2H3,(H,46,47)(H,48,49)(H2,33,34,36)/b35-21+/t12-,13?,14?,17?,31?,32?/m0/s1. The van der Waals surface area contributed by atoms with Gasteiger partial charge in [-0.2, -0.15) is 14.4 Å². The van der Waals surface area contributed by atoms with Gasteiger partial charge >= 0.3 is 23.6 Å². The van der Waals surface area contributed by atoms with Crippen LogP contribution in [-0.4, -0.2) is 111 Å². The minimum atomic E-state index is -2.89. The van der Waals surface area contributed by atoms with E-state index in [1.54, 1.807) is 0 Å². The first kappa shape index (κ1) is 35.7. The van der Waals surface area contributed by atoms with E-state index in [9.17, 15) is 54.0 Å². The number of carbonyl (C=O) groups is 7. The number of phenolic OH excluding ortho intramolecular Hbond substituents is 2. The number of hydroxylamine groups is 2. The molecule has 1 aromatic heterocycles. The number of carboxylic acids is 2. The molecule has 4 unspecified atom stereocenters. The lowest BCUT2D eigenvalue weighted by atomic mass is 9.63. The summed E-state index contributed by atoms with van der Waals surface area (Å²) >= 11 is 0.721. The number of hydrogen-bond acceptors (Lipinski definition) is 17. The van der Waals surface area contributed by atoms with Crippen molar-refractivity contribution in [2.24, 2.45) is 28.3 Å². The molecule has 1 aromatic carbocycles. The molecule has 20 nitrogen and oxygen atoms in total. The van der Waals surface area contributed by atoms with Crippen LogP contribution in [0.25, 0.3) is 0 Å². The Morgan fingerprint density at radius 1 is 1.00 bits per heavy atom. The van der Waals surface area contributed by atoms with Crippen LogP contribution in [0.4, 0.5) is 5.13 Å². The lowest BCUT2D eigenvalue weighted by molar-refractivity contribution is -0.256. The van der Waals surface area contributed by atoms with Crippen LogP contribution in [0, 0.1) is 23.2 Å². The fourth-order valence-electron chi connectivity index (χ4n) is 8.00. The number of nitrogens with two attached hydrogens (primary N) is 1. The maximum Gasteiger partial charge on any atom is 0.372 e. The Kier molecular flexibility index (Phi) is 8.21. The fourth-order valence-corrected chi connectivity index (χ4v) is 8.43. The molecule has 53 heavy (non-hydrogen) atoms. The van der Waals surface area contributed by atoms with Gasteiger partial charge in [-0.25, -0.2) is 14.4 Å². The number of ketones is 1. The predicted molar refractivity (Wildman–Crippen MR) is 173 cm³/mol. The summed E-state index contributed by atoms with van der Waals surface area (Å²) in [5.41, 5.74) is -0.299. The number of carbonyl (C=O) groups excluding carboxylic acids is 5. The van der Waals surface area contributed by atoms with E-state index in [1.165, 1.54) is 0 Å². The van der Waals surface area contributed by atoms with Gasteiger partial charge in [0.15, 0.2) is 28.1 Å². The summed E-state index contributed by atoms with van der Waals surface area (Å²) in [5.74, 6) is -11.9. The molecule has 2 saturated heterocycles. The number of benzene rings is 1. The molecule has 7 rings (SSSR count). The van der Waals surface area contributed by atoms with Gasteiger partial charge in [-0.3, -0.25) is 28.9 Å². The van der Waals surface area contributed by atoms with Crippen molar-refractivity contribution >= 4 is 63.8 Å². The number of nitrogens with zero attached hydrogens (tertiary/aromatic N) is 5. The number of aromatic hydroxyl groups is 2. The average molecular weight is 757 g/mol. The Bertz CT molecular complexity index is 1990.